The average Bonchev–Trinajstić information content (AvgIpc) is 3.08. The molecule has 0 N–H and O–H groups in total. The number of aryl methyl sites for hydroxylation is 2. The monoisotopic (exact) mass is 413 g/mol. The molecule has 3 aromatic heterocycles. The van der Waals surface area contributed by atoms with Crippen molar-refractivity contribution in [3.05, 3.63) is 50.0 Å². The largest absolute Gasteiger partial charge is 0.368 e. The molecule has 0 amide bonds. The van der Waals surface area contributed by atoms with Crippen LogP contribution in [0.2, 0.25) is 5.02 Å². The van der Waals surface area contributed by atoms with Crippen molar-refractivity contribution in [2.45, 2.75) is 26.2 Å². The van der Waals surface area contributed by atoms with E-state index < -0.39 is 0 Å². The van der Waals surface area contributed by atoms with Crippen LogP contribution >= 0.6 is 22.9 Å². The number of aromatic nitrogens is 3. The molecule has 1 aliphatic rings. The molecule has 3 aromatic rings. The van der Waals surface area contributed by atoms with Gasteiger partial charge in [-0.15, -0.1) is 11.3 Å². The summed E-state index contributed by atoms with van der Waals surface area (Å²) in [6, 6.07) is 5.98. The van der Waals surface area contributed by atoms with E-state index in [0.29, 0.717) is 16.6 Å². The number of thiazole rings is 1. The van der Waals surface area contributed by atoms with Gasteiger partial charge in [0.25, 0.3) is 5.56 Å². The molecule has 28 heavy (non-hydrogen) atoms. The van der Waals surface area contributed by atoms with E-state index in [4.69, 9.17) is 11.6 Å². The van der Waals surface area contributed by atoms with Gasteiger partial charge < -0.3 is 9.47 Å². The topological polar surface area (TPSA) is 74.8 Å². The summed E-state index contributed by atoms with van der Waals surface area (Å²) >= 11 is 7.41. The molecule has 0 aliphatic carbocycles. The summed E-state index contributed by atoms with van der Waals surface area (Å²) in [6.45, 7) is 3.52. The predicted molar refractivity (Wildman–Crippen MR) is 112 cm³/mol. The summed E-state index contributed by atoms with van der Waals surface area (Å²) in [6.07, 6.45) is 4.56. The molecule has 1 saturated heterocycles. The highest BCUT2D eigenvalue weighted by Gasteiger charge is 2.27. The predicted octanol–water partition coefficient (Wildman–Crippen LogP) is 3.68. The summed E-state index contributed by atoms with van der Waals surface area (Å²) < 4.78 is 1.54. The summed E-state index contributed by atoms with van der Waals surface area (Å²) in [4.78, 5) is 24.7. The first-order valence-corrected chi connectivity index (χ1v) is 10.4. The molecule has 0 radical (unpaired) electrons. The molecule has 0 spiro atoms. The van der Waals surface area contributed by atoms with Crippen molar-refractivity contribution in [1.82, 2.24) is 14.5 Å². The van der Waals surface area contributed by atoms with Crippen LogP contribution in [-0.4, -0.2) is 27.6 Å². The minimum absolute atomic E-state index is 0.193. The second kappa shape index (κ2) is 7.53. The molecule has 6 nitrogen and oxygen atoms in total. The molecule has 8 heteroatoms. The van der Waals surface area contributed by atoms with E-state index in [1.807, 2.05) is 19.1 Å². The van der Waals surface area contributed by atoms with Gasteiger partial charge in [-0.25, -0.2) is 4.98 Å². The molecule has 0 atom stereocenters. The van der Waals surface area contributed by atoms with Crippen LogP contribution in [0.5, 0.6) is 0 Å². The number of fused-ring (bicyclic) bond motifs is 1. The first kappa shape index (κ1) is 18.9. The van der Waals surface area contributed by atoms with E-state index >= 15 is 0 Å². The lowest BCUT2D eigenvalue weighted by Crippen LogP contribution is -2.36. The second-order valence-corrected chi connectivity index (χ2v) is 8.81. The minimum atomic E-state index is -0.249. The number of pyridine rings is 2. The van der Waals surface area contributed by atoms with Gasteiger partial charge in [0.2, 0.25) is 0 Å². The van der Waals surface area contributed by atoms with Crippen LogP contribution in [0.4, 0.5) is 5.69 Å². The molecule has 0 unspecified atom stereocenters. The smallest absolute Gasteiger partial charge is 0.271 e. The summed E-state index contributed by atoms with van der Waals surface area (Å²) in [7, 11) is 1.71. The first-order valence-electron chi connectivity index (χ1n) is 9.23. The Hall–Kier alpha value is -2.43. The SMILES string of the molecule is Cc1nc2c(N3CCC(Cc4ccc(Cl)cn4)CC3)c(C#N)c(=O)n(C)c2s1. The van der Waals surface area contributed by atoms with Crippen molar-refractivity contribution in [3.63, 3.8) is 0 Å². The van der Waals surface area contributed by atoms with Crippen LogP contribution in [0, 0.1) is 24.2 Å². The van der Waals surface area contributed by atoms with E-state index in [2.05, 4.69) is 20.9 Å². The highest BCUT2D eigenvalue weighted by molar-refractivity contribution is 7.18. The number of piperidine rings is 1. The standard InChI is InChI=1S/C20H20ClN5OS/c1-12-24-17-18(16(10-22)19(27)25(2)20(17)28-12)26-7-5-13(6-8-26)9-15-4-3-14(21)11-23-15/h3-4,11,13H,5-9H2,1-2H3. The first-order chi connectivity index (χ1) is 13.5. The van der Waals surface area contributed by atoms with Crippen molar-refractivity contribution < 1.29 is 0 Å². The zero-order valence-electron chi connectivity index (χ0n) is 15.8. The van der Waals surface area contributed by atoms with Gasteiger partial charge in [0.05, 0.1) is 15.7 Å². The van der Waals surface area contributed by atoms with Crippen molar-refractivity contribution in [3.8, 4) is 6.07 Å². The van der Waals surface area contributed by atoms with E-state index in [-0.39, 0.29) is 11.1 Å². The van der Waals surface area contributed by atoms with E-state index in [1.165, 1.54) is 11.3 Å². The molecular formula is C20H20ClN5OS. The quantitative estimate of drug-likeness (QED) is 0.654. The molecule has 0 bridgehead atoms. The molecule has 1 aliphatic heterocycles. The summed E-state index contributed by atoms with van der Waals surface area (Å²) in [5, 5.41) is 11.2. The number of nitriles is 1. The normalized spacial score (nSPS) is 15.1. The molecule has 4 heterocycles. The molecule has 1 fully saturated rings. The highest BCUT2D eigenvalue weighted by Crippen LogP contribution is 2.34. The fourth-order valence-corrected chi connectivity index (χ4v) is 4.86. The van der Waals surface area contributed by atoms with Crippen molar-refractivity contribution in [1.29, 1.82) is 5.26 Å². The Morgan fingerprint density at radius 1 is 1.36 bits per heavy atom. The fourth-order valence-electron chi connectivity index (χ4n) is 3.87. The van der Waals surface area contributed by atoms with Gasteiger partial charge >= 0.3 is 0 Å². The zero-order chi connectivity index (χ0) is 19.8. The number of hydrogen-bond acceptors (Lipinski definition) is 6. The molecule has 0 aromatic carbocycles. The van der Waals surface area contributed by atoms with Gasteiger partial charge in [0.15, 0.2) is 0 Å². The number of halogens is 1. The van der Waals surface area contributed by atoms with Gasteiger partial charge in [0, 0.05) is 32.0 Å². The number of anilines is 1. The Morgan fingerprint density at radius 2 is 2.11 bits per heavy atom. The van der Waals surface area contributed by atoms with Crippen LogP contribution in [0.25, 0.3) is 10.3 Å². The van der Waals surface area contributed by atoms with Gasteiger partial charge in [-0.1, -0.05) is 11.6 Å². The maximum atomic E-state index is 12.7. The van der Waals surface area contributed by atoms with Crippen molar-refractivity contribution in [2.75, 3.05) is 18.0 Å². The minimum Gasteiger partial charge on any atom is -0.368 e. The molecule has 4 rings (SSSR count). The van der Waals surface area contributed by atoms with Crippen LogP contribution in [-0.2, 0) is 13.5 Å². The van der Waals surface area contributed by atoms with E-state index in [0.717, 1.165) is 53.4 Å². The van der Waals surface area contributed by atoms with Crippen LogP contribution in [0.15, 0.2) is 23.1 Å². The Kier molecular flexibility index (Phi) is 5.09. The third-order valence-electron chi connectivity index (χ3n) is 5.33. The number of nitrogens with zero attached hydrogens (tertiary/aromatic N) is 5. The highest BCUT2D eigenvalue weighted by atomic mass is 35.5. The zero-order valence-corrected chi connectivity index (χ0v) is 17.3. The van der Waals surface area contributed by atoms with Gasteiger partial charge in [-0.2, -0.15) is 5.26 Å². The summed E-state index contributed by atoms with van der Waals surface area (Å²) in [5.41, 5.74) is 2.46. The van der Waals surface area contributed by atoms with Crippen molar-refractivity contribution in [2.24, 2.45) is 13.0 Å². The van der Waals surface area contributed by atoms with E-state index in [1.54, 1.807) is 17.8 Å². The Balaban J connectivity index is 1.60. The Labute approximate surface area is 172 Å². The van der Waals surface area contributed by atoms with Crippen LogP contribution < -0.4 is 10.5 Å². The third-order valence-corrected chi connectivity index (χ3v) is 6.60. The van der Waals surface area contributed by atoms with E-state index in [9.17, 15) is 10.1 Å². The van der Waals surface area contributed by atoms with Crippen LogP contribution in [0.1, 0.15) is 29.1 Å². The Bertz CT molecular complexity index is 1120. The maximum absolute atomic E-state index is 12.7. The molecule has 144 valence electrons. The number of rotatable bonds is 3. The maximum Gasteiger partial charge on any atom is 0.271 e. The number of hydrogen-bond donors (Lipinski definition) is 0. The van der Waals surface area contributed by atoms with Crippen molar-refractivity contribution >= 4 is 39.0 Å². The summed E-state index contributed by atoms with van der Waals surface area (Å²) in [5.74, 6) is 0.523. The molecule has 0 saturated carbocycles. The fraction of sp³-hybridized carbons (Fsp3) is 0.400. The van der Waals surface area contributed by atoms with Gasteiger partial charge in [-0.05, 0) is 44.2 Å². The lowest BCUT2D eigenvalue weighted by atomic mass is 9.91. The van der Waals surface area contributed by atoms with Crippen LogP contribution in [0.3, 0.4) is 0 Å². The lowest BCUT2D eigenvalue weighted by molar-refractivity contribution is 0.401. The lowest BCUT2D eigenvalue weighted by Gasteiger charge is -2.34. The third kappa shape index (κ3) is 3.38. The second-order valence-electron chi connectivity index (χ2n) is 7.19. The Morgan fingerprint density at radius 3 is 2.75 bits per heavy atom. The van der Waals surface area contributed by atoms with Gasteiger partial charge in [0.1, 0.15) is 22.0 Å². The van der Waals surface area contributed by atoms with Gasteiger partial charge in [-0.3, -0.25) is 9.78 Å². The molecular weight excluding hydrogens is 394 g/mol. The average molecular weight is 414 g/mol.